The van der Waals surface area contributed by atoms with Crippen LogP contribution in [0.15, 0.2) is 47.6 Å². The van der Waals surface area contributed by atoms with Crippen molar-refractivity contribution >= 4 is 40.9 Å². The molecule has 0 aliphatic carbocycles. The predicted molar refractivity (Wildman–Crippen MR) is 133 cm³/mol. The third-order valence-electron chi connectivity index (χ3n) is 5.21. The van der Waals surface area contributed by atoms with E-state index in [1.54, 1.807) is 30.3 Å². The number of aromatic nitrogens is 3. The zero-order valence-corrected chi connectivity index (χ0v) is 20.9. The Morgan fingerprint density at radius 1 is 1.09 bits per heavy atom. The number of benzene rings is 2. The van der Waals surface area contributed by atoms with E-state index in [9.17, 15) is 9.59 Å². The zero-order valence-electron chi connectivity index (χ0n) is 19.3. The van der Waals surface area contributed by atoms with Gasteiger partial charge in [0.25, 0.3) is 5.91 Å². The summed E-state index contributed by atoms with van der Waals surface area (Å²) in [6, 6.07) is 12.4. The van der Waals surface area contributed by atoms with Crippen LogP contribution in [-0.2, 0) is 11.8 Å². The molecule has 0 radical (unpaired) electrons. The predicted octanol–water partition coefficient (Wildman–Crippen LogP) is 4.94. The van der Waals surface area contributed by atoms with Crippen LogP contribution in [0.25, 0.3) is 0 Å². The van der Waals surface area contributed by atoms with Crippen LogP contribution in [0, 0.1) is 19.8 Å². The van der Waals surface area contributed by atoms with Crippen LogP contribution in [0.1, 0.15) is 47.2 Å². The molecule has 2 amide bonds. The van der Waals surface area contributed by atoms with E-state index in [0.717, 1.165) is 16.8 Å². The molecule has 0 bridgehead atoms. The first-order chi connectivity index (χ1) is 15.7. The molecule has 2 N–H and O–H groups in total. The number of aryl methyl sites for hydroxylation is 2. The van der Waals surface area contributed by atoms with E-state index in [-0.39, 0.29) is 29.5 Å². The Labute approximate surface area is 203 Å². The van der Waals surface area contributed by atoms with Gasteiger partial charge in [0.1, 0.15) is 0 Å². The van der Waals surface area contributed by atoms with Gasteiger partial charge in [-0.15, -0.1) is 10.2 Å². The maximum Gasteiger partial charge on any atom is 0.251 e. The number of thioether (sulfide) groups is 1. The monoisotopic (exact) mass is 485 g/mol. The number of nitrogens with zero attached hydrogens (tertiary/aromatic N) is 3. The molecule has 1 atom stereocenters. The van der Waals surface area contributed by atoms with Crippen LogP contribution >= 0.6 is 23.4 Å². The molecule has 9 heteroatoms. The Morgan fingerprint density at radius 2 is 1.79 bits per heavy atom. The Hall–Kier alpha value is -2.84. The lowest BCUT2D eigenvalue weighted by Gasteiger charge is -2.21. The lowest BCUT2D eigenvalue weighted by molar-refractivity contribution is -0.113. The van der Waals surface area contributed by atoms with E-state index < -0.39 is 0 Å². The molecule has 0 fully saturated rings. The lowest BCUT2D eigenvalue weighted by Crippen LogP contribution is -2.33. The summed E-state index contributed by atoms with van der Waals surface area (Å²) in [5, 5.41) is 15.7. The molecule has 0 unspecified atom stereocenters. The van der Waals surface area contributed by atoms with Gasteiger partial charge >= 0.3 is 0 Å². The average molecular weight is 486 g/mol. The summed E-state index contributed by atoms with van der Waals surface area (Å²) in [5.74, 6) is 0.598. The van der Waals surface area contributed by atoms with Gasteiger partial charge in [-0.3, -0.25) is 9.59 Å². The third kappa shape index (κ3) is 6.36. The third-order valence-corrected chi connectivity index (χ3v) is 6.46. The van der Waals surface area contributed by atoms with Gasteiger partial charge in [0, 0.05) is 23.3 Å². The highest BCUT2D eigenvalue weighted by atomic mass is 35.5. The number of halogens is 1. The summed E-state index contributed by atoms with van der Waals surface area (Å²) < 4.78 is 1.82. The van der Waals surface area contributed by atoms with Crippen LogP contribution in [0.5, 0.6) is 0 Å². The average Bonchev–Trinajstić information content (AvgIpc) is 3.12. The number of carbonyl (C=O) groups excluding carboxylic acids is 2. The van der Waals surface area contributed by atoms with Crippen molar-refractivity contribution in [3.8, 4) is 0 Å². The van der Waals surface area contributed by atoms with Crippen LogP contribution in [0.3, 0.4) is 0 Å². The van der Waals surface area contributed by atoms with Crippen LogP contribution in [0.4, 0.5) is 5.69 Å². The SMILES string of the molecule is Cc1ccc(C(=O)N[C@@H](c2nnc(SCC(=O)Nc3ccc(Cl)cc3C)n2C)C(C)C)cc1. The van der Waals surface area contributed by atoms with Crippen molar-refractivity contribution < 1.29 is 9.59 Å². The van der Waals surface area contributed by atoms with E-state index in [4.69, 9.17) is 11.6 Å². The molecule has 0 aliphatic heterocycles. The molecule has 3 rings (SSSR count). The number of anilines is 1. The number of nitrogens with one attached hydrogen (secondary N) is 2. The van der Waals surface area contributed by atoms with Gasteiger partial charge in [-0.05, 0) is 55.7 Å². The number of carbonyl (C=O) groups is 2. The Bertz CT molecular complexity index is 1140. The van der Waals surface area contributed by atoms with Crippen molar-refractivity contribution in [3.63, 3.8) is 0 Å². The standard InChI is InChI=1S/C24H28ClN5O2S/c1-14(2)21(27-23(32)17-8-6-15(3)7-9-17)22-28-29-24(30(22)5)33-13-20(31)26-19-11-10-18(25)12-16(19)4/h6-12,14,21H,13H2,1-5H3,(H,26,31)(H,27,32)/t21-/m1/s1. The van der Waals surface area contributed by atoms with E-state index >= 15 is 0 Å². The van der Waals surface area contributed by atoms with Crippen LogP contribution in [-0.4, -0.2) is 32.3 Å². The topological polar surface area (TPSA) is 88.9 Å². The minimum Gasteiger partial charge on any atom is -0.342 e. The number of amides is 2. The highest BCUT2D eigenvalue weighted by Crippen LogP contribution is 2.25. The number of hydrogen-bond donors (Lipinski definition) is 2. The lowest BCUT2D eigenvalue weighted by atomic mass is 10.0. The van der Waals surface area contributed by atoms with Crippen molar-refractivity contribution in [3.05, 3.63) is 70.0 Å². The molecule has 1 heterocycles. The van der Waals surface area contributed by atoms with Gasteiger partial charge in [-0.2, -0.15) is 0 Å². The second-order valence-corrected chi connectivity index (χ2v) is 9.64. The van der Waals surface area contributed by atoms with E-state index in [0.29, 0.717) is 21.6 Å². The molecule has 0 saturated heterocycles. The van der Waals surface area contributed by atoms with Gasteiger partial charge < -0.3 is 15.2 Å². The first kappa shape index (κ1) is 24.8. The summed E-state index contributed by atoms with van der Waals surface area (Å²) in [5.41, 5.74) is 3.31. The van der Waals surface area contributed by atoms with Crippen molar-refractivity contribution in [2.45, 2.75) is 38.9 Å². The summed E-state index contributed by atoms with van der Waals surface area (Å²) >= 11 is 7.26. The van der Waals surface area contributed by atoms with Gasteiger partial charge in [-0.1, -0.05) is 54.9 Å². The van der Waals surface area contributed by atoms with E-state index in [1.807, 2.05) is 51.4 Å². The second-order valence-electron chi connectivity index (χ2n) is 8.26. The molecule has 0 spiro atoms. The second kappa shape index (κ2) is 10.9. The highest BCUT2D eigenvalue weighted by molar-refractivity contribution is 7.99. The fourth-order valence-corrected chi connectivity index (χ4v) is 4.21. The molecule has 0 saturated carbocycles. The summed E-state index contributed by atoms with van der Waals surface area (Å²) in [6.45, 7) is 7.90. The molecule has 1 aromatic heterocycles. The van der Waals surface area contributed by atoms with Gasteiger partial charge in [0.15, 0.2) is 11.0 Å². The normalized spacial score (nSPS) is 12.0. The molecule has 2 aromatic carbocycles. The zero-order chi connectivity index (χ0) is 24.1. The van der Waals surface area contributed by atoms with Crippen LogP contribution < -0.4 is 10.6 Å². The number of rotatable bonds is 8. The minimum absolute atomic E-state index is 0.0938. The Morgan fingerprint density at radius 3 is 2.42 bits per heavy atom. The molecular formula is C24H28ClN5O2S. The first-order valence-electron chi connectivity index (χ1n) is 10.6. The molecule has 174 valence electrons. The number of hydrogen-bond acceptors (Lipinski definition) is 5. The first-order valence-corrected chi connectivity index (χ1v) is 12.0. The quantitative estimate of drug-likeness (QED) is 0.441. The molecule has 0 aliphatic rings. The van der Waals surface area contributed by atoms with Crippen molar-refractivity contribution in [2.75, 3.05) is 11.1 Å². The van der Waals surface area contributed by atoms with Gasteiger partial charge in [0.2, 0.25) is 5.91 Å². The smallest absolute Gasteiger partial charge is 0.251 e. The summed E-state index contributed by atoms with van der Waals surface area (Å²) in [6.07, 6.45) is 0. The highest BCUT2D eigenvalue weighted by Gasteiger charge is 2.25. The van der Waals surface area contributed by atoms with Crippen molar-refractivity contribution in [2.24, 2.45) is 13.0 Å². The Balaban J connectivity index is 1.66. The Kier molecular flexibility index (Phi) is 8.15. The van der Waals surface area contributed by atoms with Crippen LogP contribution in [0.2, 0.25) is 5.02 Å². The maximum absolute atomic E-state index is 12.8. The van der Waals surface area contributed by atoms with Gasteiger partial charge in [-0.25, -0.2) is 0 Å². The molecule has 33 heavy (non-hydrogen) atoms. The fraction of sp³-hybridized carbons (Fsp3) is 0.333. The fourth-order valence-electron chi connectivity index (χ4n) is 3.27. The summed E-state index contributed by atoms with van der Waals surface area (Å²) in [4.78, 5) is 25.2. The maximum atomic E-state index is 12.8. The van der Waals surface area contributed by atoms with E-state index in [1.165, 1.54) is 11.8 Å². The van der Waals surface area contributed by atoms with E-state index in [2.05, 4.69) is 20.8 Å². The molecule has 7 nitrogen and oxygen atoms in total. The molecular weight excluding hydrogens is 458 g/mol. The van der Waals surface area contributed by atoms with Gasteiger partial charge in [0.05, 0.1) is 11.8 Å². The summed E-state index contributed by atoms with van der Waals surface area (Å²) in [7, 11) is 1.84. The minimum atomic E-state index is -0.323. The molecule has 3 aromatic rings. The largest absolute Gasteiger partial charge is 0.342 e. The van der Waals surface area contributed by atoms with Crippen molar-refractivity contribution in [1.82, 2.24) is 20.1 Å². The van der Waals surface area contributed by atoms with Crippen molar-refractivity contribution in [1.29, 1.82) is 0 Å².